The summed E-state index contributed by atoms with van der Waals surface area (Å²) in [5.74, 6) is 1.26. The van der Waals surface area contributed by atoms with Crippen LogP contribution in [-0.2, 0) is 0 Å². The molecule has 3 aromatic rings. The van der Waals surface area contributed by atoms with E-state index in [1.807, 2.05) is 6.07 Å². The number of fused-ring (bicyclic) bond motifs is 4. The van der Waals surface area contributed by atoms with Gasteiger partial charge in [0.15, 0.2) is 6.23 Å². The smallest absolute Gasteiger partial charge is 0.190 e. The van der Waals surface area contributed by atoms with E-state index in [4.69, 9.17) is 33.0 Å². The van der Waals surface area contributed by atoms with E-state index in [2.05, 4.69) is 47.5 Å². The van der Waals surface area contributed by atoms with E-state index in [0.29, 0.717) is 16.0 Å². The molecule has 0 unspecified atom stereocenters. The molecule has 158 valence electrons. The Hall–Kier alpha value is -2.23. The van der Waals surface area contributed by atoms with Gasteiger partial charge >= 0.3 is 0 Å². The molecule has 1 fully saturated rings. The minimum atomic E-state index is -0.0746. The highest BCUT2D eigenvalue weighted by molar-refractivity contribution is 6.35. The average Bonchev–Trinajstić information content (AvgIpc) is 3.25. The van der Waals surface area contributed by atoms with E-state index in [0.717, 1.165) is 23.4 Å². The van der Waals surface area contributed by atoms with Gasteiger partial charge in [-0.3, -0.25) is 0 Å². The Morgan fingerprint density at radius 3 is 2.55 bits per heavy atom. The van der Waals surface area contributed by atoms with E-state index in [9.17, 15) is 0 Å². The lowest BCUT2D eigenvalue weighted by Gasteiger charge is -2.43. The molecule has 2 atom stereocenters. The van der Waals surface area contributed by atoms with Crippen molar-refractivity contribution >= 4 is 39.7 Å². The molecular formula is C26H24Cl2N2O. The fourth-order valence-electron chi connectivity index (χ4n) is 5.42. The molecule has 1 aliphatic carbocycles. The van der Waals surface area contributed by atoms with Crippen LogP contribution in [0, 0.1) is 5.92 Å². The molecule has 0 radical (unpaired) electrons. The van der Waals surface area contributed by atoms with Gasteiger partial charge in [0, 0.05) is 22.9 Å². The lowest BCUT2D eigenvalue weighted by Crippen LogP contribution is -2.46. The van der Waals surface area contributed by atoms with Crippen LogP contribution in [-0.4, -0.2) is 16.9 Å². The Kier molecular flexibility index (Phi) is 4.85. The van der Waals surface area contributed by atoms with Gasteiger partial charge in [-0.25, -0.2) is 5.01 Å². The number of ether oxygens (including phenoxy) is 1. The van der Waals surface area contributed by atoms with Crippen molar-refractivity contribution in [3.63, 3.8) is 0 Å². The number of benzene rings is 3. The number of halogens is 2. The highest BCUT2D eigenvalue weighted by Gasteiger charge is 2.44. The van der Waals surface area contributed by atoms with Crippen LogP contribution < -0.4 is 4.74 Å². The van der Waals surface area contributed by atoms with Crippen LogP contribution >= 0.6 is 23.2 Å². The number of nitrogens with zero attached hydrogens (tertiary/aromatic N) is 2. The zero-order valence-corrected chi connectivity index (χ0v) is 18.7. The quantitative estimate of drug-likeness (QED) is 0.401. The maximum Gasteiger partial charge on any atom is 0.190 e. The van der Waals surface area contributed by atoms with Crippen molar-refractivity contribution in [1.29, 1.82) is 0 Å². The summed E-state index contributed by atoms with van der Waals surface area (Å²) in [5, 5.41) is 11.1. The Balaban J connectivity index is 1.43. The summed E-state index contributed by atoms with van der Waals surface area (Å²) in [4.78, 5) is 0. The van der Waals surface area contributed by atoms with Crippen LogP contribution in [0.4, 0.5) is 0 Å². The van der Waals surface area contributed by atoms with E-state index in [1.54, 1.807) is 6.07 Å². The first-order valence-electron chi connectivity index (χ1n) is 11.2. The Morgan fingerprint density at radius 2 is 1.71 bits per heavy atom. The zero-order chi connectivity index (χ0) is 20.9. The lowest BCUT2D eigenvalue weighted by molar-refractivity contribution is -0.0642. The maximum atomic E-state index is 6.60. The van der Waals surface area contributed by atoms with E-state index >= 15 is 0 Å². The van der Waals surface area contributed by atoms with Gasteiger partial charge in [0.05, 0.1) is 16.8 Å². The minimum Gasteiger partial charge on any atom is -0.467 e. The minimum absolute atomic E-state index is 0.0746. The van der Waals surface area contributed by atoms with E-state index in [-0.39, 0.29) is 12.3 Å². The number of hydrogen-bond donors (Lipinski definition) is 0. The molecule has 0 bridgehead atoms. The second kappa shape index (κ2) is 7.72. The molecule has 2 aliphatic heterocycles. The van der Waals surface area contributed by atoms with Crippen molar-refractivity contribution < 1.29 is 4.74 Å². The average molecular weight is 451 g/mol. The third kappa shape index (κ3) is 3.39. The third-order valence-corrected chi connectivity index (χ3v) is 7.47. The number of hydrogen-bond acceptors (Lipinski definition) is 3. The predicted molar refractivity (Wildman–Crippen MR) is 127 cm³/mol. The van der Waals surface area contributed by atoms with Crippen molar-refractivity contribution in [2.45, 2.75) is 50.8 Å². The van der Waals surface area contributed by atoms with Gasteiger partial charge in [0.2, 0.25) is 0 Å². The largest absolute Gasteiger partial charge is 0.467 e. The molecule has 0 saturated heterocycles. The van der Waals surface area contributed by atoms with Crippen molar-refractivity contribution in [2.75, 3.05) is 0 Å². The maximum absolute atomic E-state index is 6.60. The Bertz CT molecular complexity index is 1190. The van der Waals surface area contributed by atoms with Gasteiger partial charge in [-0.15, -0.1) is 0 Å². The van der Waals surface area contributed by atoms with Gasteiger partial charge in [-0.1, -0.05) is 78.9 Å². The SMILES string of the molecule is Clc1cc(Cl)c2c(c1)[C@@H]1CC(c3ccc4ccccc4c3)=NN1[C@@H](C1CCCCC1)O2. The fourth-order valence-corrected chi connectivity index (χ4v) is 5.97. The molecule has 0 amide bonds. The van der Waals surface area contributed by atoms with Gasteiger partial charge in [0.1, 0.15) is 5.75 Å². The second-order valence-electron chi connectivity index (χ2n) is 8.92. The standard InChI is InChI=1S/C26H24Cl2N2O/c27-20-13-21-24-15-23(19-11-10-16-6-4-5-9-18(16)12-19)29-30(24)26(17-7-2-1-3-8-17)31-25(21)22(28)14-20/h4-6,9-14,17,24,26H,1-3,7-8,15H2/t24-,26+/m0/s1. The van der Waals surface area contributed by atoms with Gasteiger partial charge in [-0.05, 0) is 47.4 Å². The first-order valence-corrected chi connectivity index (χ1v) is 11.9. The van der Waals surface area contributed by atoms with Gasteiger partial charge < -0.3 is 4.74 Å². The Labute approximate surface area is 192 Å². The van der Waals surface area contributed by atoms with E-state index < -0.39 is 0 Å². The molecule has 3 nitrogen and oxygen atoms in total. The molecule has 1 saturated carbocycles. The second-order valence-corrected chi connectivity index (χ2v) is 9.76. The normalized spacial score (nSPS) is 23.3. The molecule has 3 aliphatic rings. The molecule has 5 heteroatoms. The molecule has 31 heavy (non-hydrogen) atoms. The molecule has 2 heterocycles. The lowest BCUT2D eigenvalue weighted by atomic mass is 9.86. The summed E-state index contributed by atoms with van der Waals surface area (Å²) < 4.78 is 6.55. The number of hydrazone groups is 1. The van der Waals surface area contributed by atoms with Crippen LogP contribution in [0.1, 0.15) is 55.7 Å². The molecule has 6 rings (SSSR count). The summed E-state index contributed by atoms with van der Waals surface area (Å²) >= 11 is 13.0. The van der Waals surface area contributed by atoms with Crippen LogP contribution in [0.25, 0.3) is 10.8 Å². The molecule has 0 aromatic heterocycles. The summed E-state index contributed by atoms with van der Waals surface area (Å²) in [5.41, 5.74) is 3.32. The van der Waals surface area contributed by atoms with Crippen LogP contribution in [0.3, 0.4) is 0 Å². The first kappa shape index (κ1) is 19.5. The zero-order valence-electron chi connectivity index (χ0n) is 17.2. The third-order valence-electron chi connectivity index (χ3n) is 6.97. The highest BCUT2D eigenvalue weighted by Crippen LogP contribution is 2.49. The summed E-state index contributed by atoms with van der Waals surface area (Å²) in [6, 6.07) is 19.0. The highest BCUT2D eigenvalue weighted by atomic mass is 35.5. The van der Waals surface area contributed by atoms with Crippen LogP contribution in [0.15, 0.2) is 59.7 Å². The van der Waals surface area contributed by atoms with Crippen LogP contribution in [0.5, 0.6) is 5.75 Å². The predicted octanol–water partition coefficient (Wildman–Crippen LogP) is 7.60. The van der Waals surface area contributed by atoms with E-state index in [1.165, 1.54) is 48.4 Å². The molecule has 0 spiro atoms. The summed E-state index contributed by atoms with van der Waals surface area (Å²) in [7, 11) is 0. The monoisotopic (exact) mass is 450 g/mol. The molecule has 0 N–H and O–H groups in total. The number of rotatable bonds is 2. The van der Waals surface area contributed by atoms with Crippen molar-refractivity contribution in [3.05, 3.63) is 75.8 Å². The van der Waals surface area contributed by atoms with Crippen molar-refractivity contribution in [1.82, 2.24) is 5.01 Å². The molecular weight excluding hydrogens is 427 g/mol. The van der Waals surface area contributed by atoms with Gasteiger partial charge in [0.25, 0.3) is 0 Å². The molecule has 3 aromatic carbocycles. The van der Waals surface area contributed by atoms with Crippen molar-refractivity contribution in [2.24, 2.45) is 11.0 Å². The van der Waals surface area contributed by atoms with Crippen molar-refractivity contribution in [3.8, 4) is 5.75 Å². The topological polar surface area (TPSA) is 24.8 Å². The Morgan fingerprint density at radius 1 is 0.903 bits per heavy atom. The summed E-state index contributed by atoms with van der Waals surface area (Å²) in [6.07, 6.45) is 6.93. The van der Waals surface area contributed by atoms with Gasteiger partial charge in [-0.2, -0.15) is 5.10 Å². The summed E-state index contributed by atoms with van der Waals surface area (Å²) in [6.45, 7) is 0. The first-order chi connectivity index (χ1) is 15.2. The fraction of sp³-hybridized carbons (Fsp3) is 0.346. The van der Waals surface area contributed by atoms with Crippen LogP contribution in [0.2, 0.25) is 10.0 Å².